The molecule has 1 aliphatic rings. The molecule has 1 saturated heterocycles. The third kappa shape index (κ3) is 2.62. The summed E-state index contributed by atoms with van der Waals surface area (Å²) in [6, 6.07) is 6.34. The number of hydrogen-bond acceptors (Lipinski definition) is 3. The number of rotatable bonds is 3. The Hall–Kier alpha value is -1.46. The van der Waals surface area contributed by atoms with Gasteiger partial charge in [0.15, 0.2) is 0 Å². The van der Waals surface area contributed by atoms with Crippen LogP contribution in [0.25, 0.3) is 0 Å². The van der Waals surface area contributed by atoms with E-state index in [-0.39, 0.29) is 24.3 Å². The molecule has 1 heterocycles. The highest BCUT2D eigenvalue weighted by Crippen LogP contribution is 2.22. The van der Waals surface area contributed by atoms with Crippen molar-refractivity contribution in [3.05, 3.63) is 35.6 Å². The van der Waals surface area contributed by atoms with E-state index in [4.69, 9.17) is 5.73 Å². The van der Waals surface area contributed by atoms with Crippen LogP contribution in [-0.2, 0) is 4.79 Å². The van der Waals surface area contributed by atoms with E-state index in [9.17, 15) is 9.18 Å². The molecule has 2 rings (SSSR count). The van der Waals surface area contributed by atoms with Gasteiger partial charge in [0.25, 0.3) is 0 Å². The Kier molecular flexibility index (Phi) is 3.71. The van der Waals surface area contributed by atoms with Gasteiger partial charge in [-0.2, -0.15) is 0 Å². The molecule has 0 saturated carbocycles. The largest absolute Gasteiger partial charge is 0.354 e. The second-order valence-corrected chi connectivity index (χ2v) is 4.09. The summed E-state index contributed by atoms with van der Waals surface area (Å²) in [7, 11) is 0. The third-order valence-corrected chi connectivity index (χ3v) is 3.00. The fraction of sp³-hybridized carbons (Fsp3) is 0.417. The predicted octanol–water partition coefficient (Wildman–Crippen LogP) is 0.257. The van der Waals surface area contributed by atoms with Crippen LogP contribution >= 0.6 is 0 Å². The lowest BCUT2D eigenvalue weighted by atomic mass is 10.0. The number of piperazine rings is 1. The average Bonchev–Trinajstić information content (AvgIpc) is 2.33. The van der Waals surface area contributed by atoms with Crippen molar-refractivity contribution in [2.75, 3.05) is 26.2 Å². The number of nitrogens with one attached hydrogen (secondary N) is 1. The average molecular weight is 237 g/mol. The Bertz CT molecular complexity index is 410. The van der Waals surface area contributed by atoms with Crippen LogP contribution in [0.5, 0.6) is 0 Å². The first-order valence-corrected chi connectivity index (χ1v) is 5.67. The van der Waals surface area contributed by atoms with E-state index in [2.05, 4.69) is 5.32 Å². The number of hydrogen-bond donors (Lipinski definition) is 2. The van der Waals surface area contributed by atoms with Crippen molar-refractivity contribution in [3.63, 3.8) is 0 Å². The van der Waals surface area contributed by atoms with E-state index in [0.29, 0.717) is 25.2 Å². The fourth-order valence-corrected chi connectivity index (χ4v) is 2.14. The summed E-state index contributed by atoms with van der Waals surface area (Å²) in [5, 5.41) is 2.74. The number of nitrogens with zero attached hydrogens (tertiary/aromatic N) is 1. The normalized spacial score (nSPS) is 18.8. The van der Waals surface area contributed by atoms with E-state index >= 15 is 0 Å². The van der Waals surface area contributed by atoms with Crippen LogP contribution < -0.4 is 11.1 Å². The van der Waals surface area contributed by atoms with Gasteiger partial charge in [0.1, 0.15) is 5.82 Å². The third-order valence-electron chi connectivity index (χ3n) is 3.00. The number of carbonyl (C=O) groups excluding carboxylic acids is 1. The summed E-state index contributed by atoms with van der Waals surface area (Å²) in [6.07, 6.45) is 0. The van der Waals surface area contributed by atoms with Gasteiger partial charge in [-0.15, -0.1) is 0 Å². The molecule has 0 aromatic heterocycles. The molecule has 17 heavy (non-hydrogen) atoms. The monoisotopic (exact) mass is 237 g/mol. The molecule has 1 atom stereocenters. The van der Waals surface area contributed by atoms with Crippen molar-refractivity contribution in [1.29, 1.82) is 0 Å². The molecular formula is C12H16FN3O. The first-order valence-electron chi connectivity index (χ1n) is 5.67. The Labute approximate surface area is 99.6 Å². The molecule has 1 aromatic rings. The Morgan fingerprint density at radius 2 is 2.24 bits per heavy atom. The van der Waals surface area contributed by atoms with Crippen LogP contribution in [0.15, 0.2) is 24.3 Å². The number of nitrogens with two attached hydrogens (primary N) is 1. The highest BCUT2D eigenvalue weighted by atomic mass is 19.1. The van der Waals surface area contributed by atoms with Crippen LogP contribution in [0.4, 0.5) is 4.39 Å². The van der Waals surface area contributed by atoms with Crippen LogP contribution in [0.3, 0.4) is 0 Å². The van der Waals surface area contributed by atoms with Gasteiger partial charge in [-0.3, -0.25) is 9.69 Å². The molecule has 0 bridgehead atoms. The van der Waals surface area contributed by atoms with Crippen LogP contribution in [-0.4, -0.2) is 37.0 Å². The van der Waals surface area contributed by atoms with E-state index in [1.165, 1.54) is 6.07 Å². The molecule has 1 unspecified atom stereocenters. The van der Waals surface area contributed by atoms with Gasteiger partial charge < -0.3 is 11.1 Å². The zero-order valence-corrected chi connectivity index (χ0v) is 9.53. The second kappa shape index (κ2) is 5.25. The van der Waals surface area contributed by atoms with Gasteiger partial charge >= 0.3 is 0 Å². The van der Waals surface area contributed by atoms with Crippen molar-refractivity contribution < 1.29 is 9.18 Å². The van der Waals surface area contributed by atoms with Gasteiger partial charge in [-0.05, 0) is 6.07 Å². The van der Waals surface area contributed by atoms with Gasteiger partial charge in [0.05, 0.1) is 12.6 Å². The smallest absolute Gasteiger partial charge is 0.234 e. The summed E-state index contributed by atoms with van der Waals surface area (Å²) >= 11 is 0. The fourth-order valence-electron chi connectivity index (χ4n) is 2.14. The van der Waals surface area contributed by atoms with E-state index < -0.39 is 0 Å². The molecule has 0 spiro atoms. The minimum atomic E-state index is -0.270. The minimum Gasteiger partial charge on any atom is -0.354 e. The topological polar surface area (TPSA) is 58.4 Å². The lowest BCUT2D eigenvalue weighted by Gasteiger charge is -2.33. The molecule has 4 nitrogen and oxygen atoms in total. The number of benzene rings is 1. The highest BCUT2D eigenvalue weighted by molar-refractivity contribution is 5.78. The molecule has 1 aromatic carbocycles. The zero-order chi connectivity index (χ0) is 12.3. The van der Waals surface area contributed by atoms with Crippen LogP contribution in [0.1, 0.15) is 11.6 Å². The lowest BCUT2D eigenvalue weighted by molar-refractivity contribution is -0.124. The van der Waals surface area contributed by atoms with E-state index in [1.807, 2.05) is 4.90 Å². The standard InChI is InChI=1S/C12H16FN3O/c13-10-4-2-1-3-9(10)11(7-14)16-6-5-15-12(17)8-16/h1-4,11H,5-8,14H2,(H,15,17). The molecule has 1 amide bonds. The van der Waals surface area contributed by atoms with Gasteiger partial charge in [0.2, 0.25) is 5.91 Å². The SMILES string of the molecule is NCC(c1ccccc1F)N1CCNC(=O)C1. The van der Waals surface area contributed by atoms with Gasteiger partial charge in [0, 0.05) is 25.2 Å². The molecule has 0 radical (unpaired) electrons. The molecule has 5 heteroatoms. The predicted molar refractivity (Wildman–Crippen MR) is 62.8 cm³/mol. The summed E-state index contributed by atoms with van der Waals surface area (Å²) in [5.41, 5.74) is 6.27. The van der Waals surface area contributed by atoms with E-state index in [0.717, 1.165) is 0 Å². The quantitative estimate of drug-likeness (QED) is 0.792. The summed E-state index contributed by atoms with van der Waals surface area (Å²) in [4.78, 5) is 13.2. The second-order valence-electron chi connectivity index (χ2n) is 4.09. The van der Waals surface area contributed by atoms with Crippen LogP contribution in [0, 0.1) is 5.82 Å². The van der Waals surface area contributed by atoms with Gasteiger partial charge in [-0.25, -0.2) is 4.39 Å². The Balaban J connectivity index is 2.21. The van der Waals surface area contributed by atoms with E-state index in [1.54, 1.807) is 18.2 Å². The molecule has 0 aliphatic carbocycles. The Morgan fingerprint density at radius 1 is 1.47 bits per heavy atom. The van der Waals surface area contributed by atoms with Gasteiger partial charge in [-0.1, -0.05) is 18.2 Å². The van der Waals surface area contributed by atoms with Crippen molar-refractivity contribution in [2.45, 2.75) is 6.04 Å². The number of amides is 1. The minimum absolute atomic E-state index is 0.0361. The Morgan fingerprint density at radius 3 is 2.88 bits per heavy atom. The summed E-state index contributed by atoms with van der Waals surface area (Å²) < 4.78 is 13.7. The first-order chi connectivity index (χ1) is 8.22. The van der Waals surface area contributed by atoms with Crippen molar-refractivity contribution in [1.82, 2.24) is 10.2 Å². The summed E-state index contributed by atoms with van der Waals surface area (Å²) in [6.45, 7) is 1.86. The molecular weight excluding hydrogens is 221 g/mol. The molecule has 3 N–H and O–H groups in total. The maximum Gasteiger partial charge on any atom is 0.234 e. The maximum absolute atomic E-state index is 13.7. The molecule has 1 fully saturated rings. The maximum atomic E-state index is 13.7. The van der Waals surface area contributed by atoms with Crippen LogP contribution in [0.2, 0.25) is 0 Å². The van der Waals surface area contributed by atoms with Crippen molar-refractivity contribution in [2.24, 2.45) is 5.73 Å². The molecule has 92 valence electrons. The number of halogens is 1. The first kappa shape index (κ1) is 12.0. The zero-order valence-electron chi connectivity index (χ0n) is 9.53. The van der Waals surface area contributed by atoms with Crippen molar-refractivity contribution in [3.8, 4) is 0 Å². The molecule has 1 aliphatic heterocycles. The lowest BCUT2D eigenvalue weighted by Crippen LogP contribution is -2.50. The van der Waals surface area contributed by atoms with Crippen molar-refractivity contribution >= 4 is 5.91 Å². The number of carbonyl (C=O) groups is 1. The highest BCUT2D eigenvalue weighted by Gasteiger charge is 2.25. The summed E-state index contributed by atoms with van der Waals surface area (Å²) in [5.74, 6) is -0.306.